The van der Waals surface area contributed by atoms with E-state index in [0.29, 0.717) is 5.56 Å². The van der Waals surface area contributed by atoms with E-state index in [-0.39, 0.29) is 41.2 Å². The molecule has 160 valence electrons. The molecule has 0 N–H and O–H groups in total. The maximum Gasteiger partial charge on any atom is 0.245 e. The van der Waals surface area contributed by atoms with Crippen molar-refractivity contribution in [3.63, 3.8) is 0 Å². The molecular weight excluding hydrogens is 471 g/mol. The molecule has 5 aromatic rings. The molecule has 0 spiro atoms. The fourth-order valence-corrected chi connectivity index (χ4v) is 3.81. The van der Waals surface area contributed by atoms with Crippen molar-refractivity contribution in [1.29, 1.82) is 0 Å². The molecule has 32 heavy (non-hydrogen) atoms. The molecule has 0 aliphatic heterocycles. The molecule has 6 heteroatoms. The summed E-state index contributed by atoms with van der Waals surface area (Å²) in [5.41, 5.74) is 2.40. The largest absolute Gasteiger partial charge is 1.00 e. The standard InChI is InChI=1S/C26H20FN2O2.BrH/c27-22-12-10-19(11-13-22)23(30)17-28-14-15-29(18-28)26(20-6-2-1-3-7-20)25-16-21-8-4-5-9-24(21)31-25;/h1-16,18,26H,17H2;1H/q+1;/p-1. The lowest BCUT2D eigenvalue weighted by Crippen LogP contribution is -3.00. The zero-order valence-corrected chi connectivity index (χ0v) is 18.7. The third-order valence-corrected chi connectivity index (χ3v) is 5.33. The number of imidazole rings is 1. The number of rotatable bonds is 6. The molecule has 0 fully saturated rings. The first-order chi connectivity index (χ1) is 15.2. The van der Waals surface area contributed by atoms with Crippen molar-refractivity contribution in [1.82, 2.24) is 4.57 Å². The Morgan fingerprint density at radius 2 is 1.69 bits per heavy atom. The maximum absolute atomic E-state index is 13.1. The average molecular weight is 491 g/mol. The monoisotopic (exact) mass is 490 g/mol. The molecule has 0 radical (unpaired) electrons. The van der Waals surface area contributed by atoms with E-state index in [9.17, 15) is 9.18 Å². The van der Waals surface area contributed by atoms with Gasteiger partial charge in [-0.25, -0.2) is 13.5 Å². The van der Waals surface area contributed by atoms with E-state index in [0.717, 1.165) is 22.3 Å². The quantitative estimate of drug-likeness (QED) is 0.270. The lowest BCUT2D eigenvalue weighted by molar-refractivity contribution is -0.682. The van der Waals surface area contributed by atoms with Crippen LogP contribution in [-0.2, 0) is 6.54 Å². The number of benzene rings is 3. The van der Waals surface area contributed by atoms with Gasteiger partial charge in [0.15, 0.2) is 18.3 Å². The Labute approximate surface area is 195 Å². The minimum Gasteiger partial charge on any atom is -1.00 e. The second-order valence-corrected chi connectivity index (χ2v) is 7.46. The summed E-state index contributed by atoms with van der Waals surface area (Å²) in [6, 6.07) is 25.5. The highest BCUT2D eigenvalue weighted by atomic mass is 79.9. The summed E-state index contributed by atoms with van der Waals surface area (Å²) >= 11 is 0. The molecule has 0 saturated carbocycles. The lowest BCUT2D eigenvalue weighted by atomic mass is 10.0. The minimum atomic E-state index is -0.355. The van der Waals surface area contributed by atoms with Crippen LogP contribution in [0.4, 0.5) is 4.39 Å². The first-order valence-corrected chi connectivity index (χ1v) is 10.1. The van der Waals surface area contributed by atoms with Crippen molar-refractivity contribution < 1.29 is 35.2 Å². The lowest BCUT2D eigenvalue weighted by Gasteiger charge is -2.11. The fraction of sp³-hybridized carbons (Fsp3) is 0.0769. The van der Waals surface area contributed by atoms with E-state index in [1.54, 1.807) is 0 Å². The normalized spacial score (nSPS) is 11.8. The van der Waals surface area contributed by atoms with Crippen LogP contribution in [0.3, 0.4) is 0 Å². The average Bonchev–Trinajstić information content (AvgIpc) is 3.42. The smallest absolute Gasteiger partial charge is 0.245 e. The van der Waals surface area contributed by atoms with Gasteiger partial charge in [0.1, 0.15) is 23.8 Å². The van der Waals surface area contributed by atoms with E-state index in [2.05, 4.69) is 18.2 Å². The number of Topliss-reactive ketones (excluding diaryl/α,β-unsaturated/α-hetero) is 1. The van der Waals surface area contributed by atoms with E-state index in [1.807, 2.05) is 70.3 Å². The summed E-state index contributed by atoms with van der Waals surface area (Å²) in [5, 5.41) is 1.05. The minimum absolute atomic E-state index is 0. The van der Waals surface area contributed by atoms with Crippen LogP contribution in [0.1, 0.15) is 27.7 Å². The number of hydrogen-bond donors (Lipinski definition) is 0. The van der Waals surface area contributed by atoms with Gasteiger partial charge in [-0.15, -0.1) is 0 Å². The highest BCUT2D eigenvalue weighted by molar-refractivity contribution is 5.94. The highest BCUT2D eigenvalue weighted by Crippen LogP contribution is 2.31. The summed E-state index contributed by atoms with van der Waals surface area (Å²) in [7, 11) is 0. The summed E-state index contributed by atoms with van der Waals surface area (Å²) in [4.78, 5) is 12.6. The summed E-state index contributed by atoms with van der Waals surface area (Å²) in [6.07, 6.45) is 5.69. The molecule has 5 rings (SSSR count). The van der Waals surface area contributed by atoms with Crippen LogP contribution < -0.4 is 21.5 Å². The van der Waals surface area contributed by atoms with Gasteiger partial charge in [-0.1, -0.05) is 48.5 Å². The Morgan fingerprint density at radius 1 is 0.969 bits per heavy atom. The van der Waals surface area contributed by atoms with Crippen LogP contribution in [0.2, 0.25) is 0 Å². The van der Waals surface area contributed by atoms with Crippen LogP contribution in [0, 0.1) is 5.82 Å². The zero-order valence-electron chi connectivity index (χ0n) is 17.1. The van der Waals surface area contributed by atoms with Gasteiger partial charge in [0.2, 0.25) is 12.1 Å². The predicted octanol–water partition coefficient (Wildman–Crippen LogP) is 2.19. The van der Waals surface area contributed by atoms with Gasteiger partial charge < -0.3 is 21.4 Å². The SMILES string of the molecule is O=C(C[n+]1ccn(C(c2ccccc2)c2cc3ccccc3o2)c1)c1ccc(F)cc1.[Br-]. The van der Waals surface area contributed by atoms with Gasteiger partial charge in [0.25, 0.3) is 0 Å². The molecule has 1 unspecified atom stereocenters. The number of para-hydroxylation sites is 1. The van der Waals surface area contributed by atoms with Crippen molar-refractivity contribution in [3.8, 4) is 0 Å². The van der Waals surface area contributed by atoms with Crippen molar-refractivity contribution in [3.05, 3.63) is 126 Å². The van der Waals surface area contributed by atoms with Gasteiger partial charge in [0.05, 0.1) is 0 Å². The Balaban J connectivity index is 0.00000245. The second kappa shape index (κ2) is 9.32. The topological polar surface area (TPSA) is 39.0 Å². The van der Waals surface area contributed by atoms with Crippen molar-refractivity contribution in [2.45, 2.75) is 12.6 Å². The van der Waals surface area contributed by atoms with Crippen LogP contribution in [0.5, 0.6) is 0 Å². The molecule has 1 atom stereocenters. The first-order valence-electron chi connectivity index (χ1n) is 10.1. The molecule has 0 aliphatic rings. The van der Waals surface area contributed by atoms with Crippen LogP contribution >= 0.6 is 0 Å². The number of carbonyl (C=O) groups is 1. The number of halogens is 2. The molecule has 4 nitrogen and oxygen atoms in total. The Hall–Kier alpha value is -3.51. The molecular formula is C26H20BrFN2O2. The molecule has 2 aromatic heterocycles. The van der Waals surface area contributed by atoms with Crippen molar-refractivity contribution >= 4 is 16.8 Å². The predicted molar refractivity (Wildman–Crippen MR) is 115 cm³/mol. The van der Waals surface area contributed by atoms with Crippen molar-refractivity contribution in [2.75, 3.05) is 0 Å². The third kappa shape index (κ3) is 4.41. The number of fused-ring (bicyclic) bond motifs is 1. The van der Waals surface area contributed by atoms with Gasteiger partial charge in [0, 0.05) is 16.5 Å². The number of hydrogen-bond acceptors (Lipinski definition) is 2. The Kier molecular flexibility index (Phi) is 6.32. The number of nitrogens with zero attached hydrogens (tertiary/aromatic N) is 2. The number of carbonyl (C=O) groups excluding carboxylic acids is 1. The van der Waals surface area contributed by atoms with Crippen LogP contribution in [-0.4, -0.2) is 10.4 Å². The Bertz CT molecular complexity index is 1310. The summed E-state index contributed by atoms with van der Waals surface area (Å²) < 4.78 is 23.2. The van der Waals surface area contributed by atoms with E-state index >= 15 is 0 Å². The molecule has 0 aliphatic carbocycles. The van der Waals surface area contributed by atoms with E-state index < -0.39 is 0 Å². The van der Waals surface area contributed by atoms with Gasteiger partial charge in [-0.2, -0.15) is 0 Å². The number of aromatic nitrogens is 2. The van der Waals surface area contributed by atoms with Crippen LogP contribution in [0.15, 0.2) is 108 Å². The number of furan rings is 1. The van der Waals surface area contributed by atoms with E-state index in [4.69, 9.17) is 4.42 Å². The van der Waals surface area contributed by atoms with E-state index in [1.165, 1.54) is 24.3 Å². The van der Waals surface area contributed by atoms with Crippen molar-refractivity contribution in [2.24, 2.45) is 0 Å². The molecule has 2 heterocycles. The summed E-state index contributed by atoms with van der Waals surface area (Å²) in [6.45, 7) is 0.167. The molecule has 0 saturated heterocycles. The Morgan fingerprint density at radius 3 is 2.44 bits per heavy atom. The fourth-order valence-electron chi connectivity index (χ4n) is 3.81. The van der Waals surface area contributed by atoms with Gasteiger partial charge in [-0.3, -0.25) is 4.79 Å². The molecule has 3 aromatic carbocycles. The van der Waals surface area contributed by atoms with Crippen LogP contribution in [0.25, 0.3) is 11.0 Å². The van der Waals surface area contributed by atoms with Gasteiger partial charge >= 0.3 is 0 Å². The molecule has 0 bridgehead atoms. The highest BCUT2D eigenvalue weighted by Gasteiger charge is 2.26. The summed E-state index contributed by atoms with van der Waals surface area (Å²) in [5.74, 6) is 0.384. The first kappa shape index (κ1) is 21.7. The number of ketones is 1. The molecule has 0 amide bonds. The maximum atomic E-state index is 13.1. The zero-order chi connectivity index (χ0) is 21.2. The second-order valence-electron chi connectivity index (χ2n) is 7.46. The third-order valence-electron chi connectivity index (χ3n) is 5.33. The van der Waals surface area contributed by atoms with Gasteiger partial charge in [-0.05, 0) is 36.4 Å².